The van der Waals surface area contributed by atoms with Gasteiger partial charge in [-0.25, -0.2) is 0 Å². The van der Waals surface area contributed by atoms with Crippen molar-refractivity contribution in [3.63, 3.8) is 0 Å². The molecule has 1 amide bonds. The molecule has 7 nitrogen and oxygen atoms in total. The number of nitrogens with zero attached hydrogens (tertiary/aromatic N) is 1. The number of piperidine rings is 1. The minimum atomic E-state index is -5.53. The van der Waals surface area contributed by atoms with Crippen LogP contribution in [0.1, 0.15) is 32.6 Å². The van der Waals surface area contributed by atoms with Crippen molar-refractivity contribution >= 4 is 5.91 Å². The van der Waals surface area contributed by atoms with Gasteiger partial charge in [-0.15, -0.1) is 0 Å². The highest BCUT2D eigenvalue weighted by atomic mass is 19.4. The van der Waals surface area contributed by atoms with Crippen LogP contribution in [-0.4, -0.2) is 95.2 Å². The minimum Gasteiger partial charge on any atom is -0.395 e. The molecule has 0 unspecified atom stereocenters. The fourth-order valence-corrected chi connectivity index (χ4v) is 3.40. The van der Waals surface area contributed by atoms with E-state index in [4.69, 9.17) is 0 Å². The Morgan fingerprint density at radius 1 is 1.07 bits per heavy atom. The standard InChI is InChI=1S/C17H28F6N2O5/c1-10(27)24-11-8-25(12(9-26)14(29)13(11)28)6-4-2-3-5-7-30-15(16(18,19)20)17(21,22)23/h11-15,26,28-29H,2-9H2,1H3,(H,24,27)/t11-,12+,13+,14+/m0/s1. The van der Waals surface area contributed by atoms with E-state index in [2.05, 4.69) is 10.1 Å². The van der Waals surface area contributed by atoms with E-state index >= 15 is 0 Å². The lowest BCUT2D eigenvalue weighted by Gasteiger charge is -2.45. The second-order valence-electron chi connectivity index (χ2n) is 7.28. The molecule has 1 saturated heterocycles. The first-order valence-corrected chi connectivity index (χ1v) is 9.52. The lowest BCUT2D eigenvalue weighted by Crippen LogP contribution is -2.66. The predicted octanol–water partition coefficient (Wildman–Crippen LogP) is 0.960. The number of halogens is 6. The van der Waals surface area contributed by atoms with Crippen LogP contribution in [0.25, 0.3) is 0 Å². The summed E-state index contributed by atoms with van der Waals surface area (Å²) in [4.78, 5) is 12.9. The summed E-state index contributed by atoms with van der Waals surface area (Å²) in [7, 11) is 0. The first-order valence-electron chi connectivity index (χ1n) is 9.52. The molecule has 1 rings (SSSR count). The number of rotatable bonds is 10. The first kappa shape index (κ1) is 26.9. The van der Waals surface area contributed by atoms with Gasteiger partial charge in [0.1, 0.15) is 6.10 Å². The van der Waals surface area contributed by atoms with E-state index in [0.29, 0.717) is 25.8 Å². The van der Waals surface area contributed by atoms with Gasteiger partial charge in [-0.2, -0.15) is 26.3 Å². The zero-order chi connectivity index (χ0) is 23.1. The Balaban J connectivity index is 2.40. The predicted molar refractivity (Wildman–Crippen MR) is 92.4 cm³/mol. The number of nitrogens with one attached hydrogen (secondary N) is 1. The maximum atomic E-state index is 12.4. The van der Waals surface area contributed by atoms with Crippen molar-refractivity contribution in [3.05, 3.63) is 0 Å². The van der Waals surface area contributed by atoms with E-state index in [0.717, 1.165) is 0 Å². The Morgan fingerprint density at radius 3 is 2.13 bits per heavy atom. The minimum absolute atomic E-state index is 0.00193. The van der Waals surface area contributed by atoms with E-state index in [-0.39, 0.29) is 13.0 Å². The summed E-state index contributed by atoms with van der Waals surface area (Å²) in [5.74, 6) is -0.398. The molecule has 0 aromatic carbocycles. The quantitative estimate of drug-likeness (QED) is 0.290. The number of hydrogen-bond donors (Lipinski definition) is 4. The van der Waals surface area contributed by atoms with Gasteiger partial charge in [0.25, 0.3) is 0 Å². The van der Waals surface area contributed by atoms with Crippen molar-refractivity contribution in [3.8, 4) is 0 Å². The molecule has 1 fully saturated rings. The number of carbonyl (C=O) groups is 1. The largest absolute Gasteiger partial charge is 0.423 e. The Hall–Kier alpha value is -1.15. The van der Waals surface area contributed by atoms with Gasteiger partial charge in [0, 0.05) is 20.1 Å². The number of aliphatic hydroxyl groups excluding tert-OH is 3. The topological polar surface area (TPSA) is 102 Å². The van der Waals surface area contributed by atoms with Crippen molar-refractivity contribution < 1.29 is 51.2 Å². The highest BCUT2D eigenvalue weighted by Gasteiger charge is 2.57. The van der Waals surface area contributed by atoms with Crippen molar-refractivity contribution in [2.24, 2.45) is 0 Å². The van der Waals surface area contributed by atoms with Crippen LogP contribution in [0.2, 0.25) is 0 Å². The summed E-state index contributed by atoms with van der Waals surface area (Å²) >= 11 is 0. The van der Waals surface area contributed by atoms with Crippen molar-refractivity contribution in [1.29, 1.82) is 0 Å². The van der Waals surface area contributed by atoms with Gasteiger partial charge < -0.3 is 25.4 Å². The summed E-state index contributed by atoms with van der Waals surface area (Å²) in [6.07, 6.45) is -16.1. The molecule has 0 saturated carbocycles. The molecule has 0 bridgehead atoms. The molecule has 4 atom stereocenters. The van der Waals surface area contributed by atoms with Crippen LogP contribution in [0.3, 0.4) is 0 Å². The van der Waals surface area contributed by atoms with Gasteiger partial charge in [0.15, 0.2) is 0 Å². The summed E-state index contributed by atoms with van der Waals surface area (Å²) in [5.41, 5.74) is 0. The summed E-state index contributed by atoms with van der Waals surface area (Å²) < 4.78 is 78.1. The SMILES string of the molecule is CC(=O)N[C@H]1CN(CCCCCCOC(C(F)(F)F)C(F)(F)F)[C@H](CO)[C@@H](O)[C@@H]1O. The lowest BCUT2D eigenvalue weighted by atomic mass is 9.92. The normalized spacial score (nSPS) is 26.2. The average Bonchev–Trinajstić information content (AvgIpc) is 2.59. The molecular weight excluding hydrogens is 426 g/mol. The number of carbonyl (C=O) groups excluding carboxylic acids is 1. The number of aliphatic hydroxyl groups is 3. The van der Waals surface area contributed by atoms with E-state index in [1.807, 2.05) is 0 Å². The van der Waals surface area contributed by atoms with Crippen LogP contribution in [0.5, 0.6) is 0 Å². The number of ether oxygens (including phenoxy) is 1. The zero-order valence-corrected chi connectivity index (χ0v) is 16.4. The third kappa shape index (κ3) is 8.17. The number of alkyl halides is 6. The van der Waals surface area contributed by atoms with E-state index < -0.39 is 61.9 Å². The number of amides is 1. The smallest absolute Gasteiger partial charge is 0.395 e. The fourth-order valence-electron chi connectivity index (χ4n) is 3.40. The number of hydrogen-bond acceptors (Lipinski definition) is 6. The zero-order valence-electron chi connectivity index (χ0n) is 16.4. The van der Waals surface area contributed by atoms with Crippen LogP contribution in [0.15, 0.2) is 0 Å². The molecule has 0 spiro atoms. The number of likely N-dealkylation sites (tertiary alicyclic amines) is 1. The van der Waals surface area contributed by atoms with Gasteiger partial charge >= 0.3 is 12.4 Å². The molecule has 0 aromatic heterocycles. The van der Waals surface area contributed by atoms with Crippen LogP contribution in [0.4, 0.5) is 26.3 Å². The third-order valence-electron chi connectivity index (χ3n) is 4.85. The Morgan fingerprint density at radius 2 is 1.63 bits per heavy atom. The molecule has 0 radical (unpaired) electrons. The molecule has 178 valence electrons. The Bertz CT molecular complexity index is 520. The highest BCUT2D eigenvalue weighted by Crippen LogP contribution is 2.35. The molecule has 30 heavy (non-hydrogen) atoms. The van der Waals surface area contributed by atoms with E-state index in [9.17, 15) is 46.5 Å². The number of unbranched alkanes of at least 4 members (excludes halogenated alkanes) is 3. The second kappa shape index (κ2) is 11.5. The lowest BCUT2D eigenvalue weighted by molar-refractivity contribution is -0.321. The molecule has 13 heteroatoms. The third-order valence-corrected chi connectivity index (χ3v) is 4.85. The average molecular weight is 454 g/mol. The summed E-state index contributed by atoms with van der Waals surface area (Å²) in [6.45, 7) is 0.647. The maximum Gasteiger partial charge on any atom is 0.423 e. The van der Waals surface area contributed by atoms with Crippen LogP contribution in [-0.2, 0) is 9.53 Å². The van der Waals surface area contributed by atoms with Crippen LogP contribution in [0, 0.1) is 0 Å². The van der Waals surface area contributed by atoms with Gasteiger partial charge in [0.05, 0.1) is 24.8 Å². The van der Waals surface area contributed by atoms with Crippen LogP contribution < -0.4 is 5.32 Å². The molecule has 0 aromatic rings. The molecule has 1 aliphatic rings. The van der Waals surface area contributed by atoms with Crippen LogP contribution >= 0.6 is 0 Å². The monoisotopic (exact) mass is 454 g/mol. The second-order valence-corrected chi connectivity index (χ2v) is 7.28. The van der Waals surface area contributed by atoms with Gasteiger partial charge in [-0.1, -0.05) is 12.8 Å². The Kier molecular flexibility index (Phi) is 10.3. The summed E-state index contributed by atoms with van der Waals surface area (Å²) in [5, 5.41) is 32.2. The van der Waals surface area contributed by atoms with E-state index in [1.165, 1.54) is 6.92 Å². The summed E-state index contributed by atoms with van der Waals surface area (Å²) in [6, 6.07) is -1.50. The van der Waals surface area contributed by atoms with E-state index in [1.54, 1.807) is 4.90 Å². The fraction of sp³-hybridized carbons (Fsp3) is 0.941. The van der Waals surface area contributed by atoms with Crippen molar-refractivity contribution in [1.82, 2.24) is 10.2 Å². The molecule has 0 aliphatic carbocycles. The highest BCUT2D eigenvalue weighted by molar-refractivity contribution is 5.73. The van der Waals surface area contributed by atoms with Gasteiger partial charge in [-0.3, -0.25) is 9.69 Å². The molecule has 1 heterocycles. The molecular formula is C17H28F6N2O5. The van der Waals surface area contributed by atoms with Crippen molar-refractivity contribution in [2.45, 2.75) is 75.4 Å². The molecule has 1 aliphatic heterocycles. The van der Waals surface area contributed by atoms with Crippen molar-refractivity contribution in [2.75, 3.05) is 26.3 Å². The first-order chi connectivity index (χ1) is 13.8. The maximum absolute atomic E-state index is 12.4. The van der Waals surface area contributed by atoms with Gasteiger partial charge in [-0.05, 0) is 19.4 Å². The van der Waals surface area contributed by atoms with Gasteiger partial charge in [0.2, 0.25) is 12.0 Å². The Labute approximate surface area is 170 Å². The molecule has 4 N–H and O–H groups in total.